The zero-order chi connectivity index (χ0) is 12.8. The second kappa shape index (κ2) is 7.13. The molecule has 1 saturated heterocycles. The van der Waals surface area contributed by atoms with Gasteiger partial charge in [-0.1, -0.05) is 39.0 Å². The fourth-order valence-electron chi connectivity index (χ4n) is 3.46. The molecule has 3 atom stereocenters. The van der Waals surface area contributed by atoms with E-state index in [1.807, 2.05) is 0 Å². The third-order valence-corrected chi connectivity index (χ3v) is 4.51. The van der Waals surface area contributed by atoms with Crippen molar-refractivity contribution in [2.45, 2.75) is 76.8 Å². The molecular weight excluding hydrogens is 224 g/mol. The van der Waals surface area contributed by atoms with E-state index in [1.165, 1.54) is 51.4 Å². The smallest absolute Gasteiger partial charge is 0.221 e. The van der Waals surface area contributed by atoms with E-state index in [4.69, 9.17) is 0 Å². The number of carbonyl (C=O) groups excluding carboxylic acids is 1. The third kappa shape index (κ3) is 3.98. The van der Waals surface area contributed by atoms with Crippen LogP contribution in [0.5, 0.6) is 0 Å². The molecule has 1 amide bonds. The molecule has 0 aromatic rings. The van der Waals surface area contributed by atoms with Crippen LogP contribution in [0, 0.1) is 5.92 Å². The van der Waals surface area contributed by atoms with Gasteiger partial charge in [0.25, 0.3) is 0 Å². The van der Waals surface area contributed by atoms with E-state index in [-0.39, 0.29) is 5.91 Å². The highest BCUT2D eigenvalue weighted by Gasteiger charge is 2.30. The molecule has 1 heterocycles. The van der Waals surface area contributed by atoms with Gasteiger partial charge in [-0.25, -0.2) is 0 Å². The highest BCUT2D eigenvalue weighted by atomic mass is 16.1. The first-order chi connectivity index (χ1) is 8.79. The van der Waals surface area contributed by atoms with E-state index in [0.29, 0.717) is 18.5 Å². The summed E-state index contributed by atoms with van der Waals surface area (Å²) in [6.07, 6.45) is 11.6. The predicted molar refractivity (Wildman–Crippen MR) is 74.4 cm³/mol. The van der Waals surface area contributed by atoms with Crippen LogP contribution >= 0.6 is 0 Å². The molecule has 1 aliphatic heterocycles. The van der Waals surface area contributed by atoms with Gasteiger partial charge < -0.3 is 10.6 Å². The van der Waals surface area contributed by atoms with Gasteiger partial charge in [0.2, 0.25) is 5.91 Å². The average molecular weight is 252 g/mol. The van der Waals surface area contributed by atoms with Gasteiger partial charge in [0.05, 0.1) is 0 Å². The van der Waals surface area contributed by atoms with Crippen molar-refractivity contribution in [3.63, 3.8) is 0 Å². The monoisotopic (exact) mass is 252 g/mol. The Morgan fingerprint density at radius 1 is 1.28 bits per heavy atom. The highest BCUT2D eigenvalue weighted by Crippen LogP contribution is 2.30. The van der Waals surface area contributed by atoms with Crippen molar-refractivity contribution in [3.8, 4) is 0 Å². The average Bonchev–Trinajstić information content (AvgIpc) is 2.95. The zero-order valence-corrected chi connectivity index (χ0v) is 11.7. The van der Waals surface area contributed by atoms with Gasteiger partial charge in [0, 0.05) is 25.0 Å². The Bertz CT molecular complexity index is 267. The quantitative estimate of drug-likeness (QED) is 0.684. The minimum absolute atomic E-state index is 0.213. The number of hydrogen-bond acceptors (Lipinski definition) is 2. The Labute approximate surface area is 111 Å². The Kier molecular flexibility index (Phi) is 5.48. The summed E-state index contributed by atoms with van der Waals surface area (Å²) >= 11 is 0. The summed E-state index contributed by atoms with van der Waals surface area (Å²) in [5.41, 5.74) is 0. The highest BCUT2D eigenvalue weighted by molar-refractivity contribution is 5.78. The van der Waals surface area contributed by atoms with E-state index in [1.54, 1.807) is 0 Å². The molecule has 3 nitrogen and oxygen atoms in total. The van der Waals surface area contributed by atoms with Crippen LogP contribution in [0.1, 0.15) is 64.7 Å². The van der Waals surface area contributed by atoms with E-state index in [9.17, 15) is 4.79 Å². The van der Waals surface area contributed by atoms with Crippen LogP contribution in [0.25, 0.3) is 0 Å². The lowest BCUT2D eigenvalue weighted by molar-refractivity contribution is -0.119. The number of amides is 1. The van der Waals surface area contributed by atoms with E-state index >= 15 is 0 Å². The van der Waals surface area contributed by atoms with Crippen LogP contribution in [0.15, 0.2) is 0 Å². The standard InChI is InChI=1S/C15H28N2O/c1-2-3-4-5-7-12-8-6-9-14(12)17-13-10-15(18)16-11-13/h12-14,17H,2-11H2,1H3,(H,16,18)/t12-,13-,14+/m1/s1. The maximum Gasteiger partial charge on any atom is 0.221 e. The molecule has 18 heavy (non-hydrogen) atoms. The first-order valence-electron chi connectivity index (χ1n) is 7.82. The van der Waals surface area contributed by atoms with Crippen molar-refractivity contribution in [3.05, 3.63) is 0 Å². The summed E-state index contributed by atoms with van der Waals surface area (Å²) in [4.78, 5) is 11.2. The van der Waals surface area contributed by atoms with Crippen molar-refractivity contribution in [1.29, 1.82) is 0 Å². The minimum atomic E-state index is 0.213. The predicted octanol–water partition coefficient (Wildman–Crippen LogP) is 2.60. The van der Waals surface area contributed by atoms with Crippen molar-refractivity contribution in [2.75, 3.05) is 6.54 Å². The lowest BCUT2D eigenvalue weighted by Gasteiger charge is -2.24. The SMILES string of the molecule is CCCCCC[C@@H]1CCC[C@@H]1N[C@H]1CNC(=O)C1. The molecule has 0 aromatic heterocycles. The lowest BCUT2D eigenvalue weighted by Crippen LogP contribution is -2.41. The van der Waals surface area contributed by atoms with Gasteiger partial charge in [-0.2, -0.15) is 0 Å². The Morgan fingerprint density at radius 3 is 2.89 bits per heavy atom. The molecule has 3 heteroatoms. The molecule has 0 unspecified atom stereocenters. The Hall–Kier alpha value is -0.570. The van der Waals surface area contributed by atoms with Gasteiger partial charge in [0.1, 0.15) is 0 Å². The van der Waals surface area contributed by atoms with Crippen molar-refractivity contribution in [1.82, 2.24) is 10.6 Å². The van der Waals surface area contributed by atoms with Crippen molar-refractivity contribution < 1.29 is 4.79 Å². The number of nitrogens with one attached hydrogen (secondary N) is 2. The van der Waals surface area contributed by atoms with E-state index in [2.05, 4.69) is 17.6 Å². The summed E-state index contributed by atoms with van der Waals surface area (Å²) in [6, 6.07) is 1.06. The van der Waals surface area contributed by atoms with Gasteiger partial charge in [-0.15, -0.1) is 0 Å². The third-order valence-electron chi connectivity index (χ3n) is 4.51. The molecule has 1 aliphatic carbocycles. The number of unbranched alkanes of at least 4 members (excludes halogenated alkanes) is 3. The fraction of sp³-hybridized carbons (Fsp3) is 0.933. The summed E-state index contributed by atoms with van der Waals surface area (Å²) in [6.45, 7) is 3.10. The largest absolute Gasteiger partial charge is 0.354 e. The summed E-state index contributed by atoms with van der Waals surface area (Å²) in [7, 11) is 0. The molecule has 0 spiro atoms. The van der Waals surface area contributed by atoms with Crippen LogP contribution in [0.3, 0.4) is 0 Å². The molecule has 104 valence electrons. The minimum Gasteiger partial charge on any atom is -0.354 e. The van der Waals surface area contributed by atoms with Gasteiger partial charge >= 0.3 is 0 Å². The van der Waals surface area contributed by atoms with Crippen LogP contribution in [0.4, 0.5) is 0 Å². The Balaban J connectivity index is 1.68. The molecule has 1 saturated carbocycles. The first kappa shape index (κ1) is 13.9. The van der Waals surface area contributed by atoms with Gasteiger partial charge in [0.15, 0.2) is 0 Å². The maximum atomic E-state index is 11.2. The molecule has 2 aliphatic rings. The summed E-state index contributed by atoms with van der Waals surface area (Å²) < 4.78 is 0. The molecule has 0 aromatic carbocycles. The van der Waals surface area contributed by atoms with Crippen molar-refractivity contribution in [2.24, 2.45) is 5.92 Å². The van der Waals surface area contributed by atoms with Crippen LogP contribution in [0.2, 0.25) is 0 Å². The maximum absolute atomic E-state index is 11.2. The van der Waals surface area contributed by atoms with Crippen LogP contribution in [-0.4, -0.2) is 24.5 Å². The van der Waals surface area contributed by atoms with Crippen LogP contribution in [-0.2, 0) is 4.79 Å². The number of carbonyl (C=O) groups is 1. The second-order valence-electron chi connectivity index (χ2n) is 6.02. The molecule has 0 radical (unpaired) electrons. The van der Waals surface area contributed by atoms with Gasteiger partial charge in [-0.3, -0.25) is 4.79 Å². The molecule has 0 bridgehead atoms. The number of hydrogen-bond donors (Lipinski definition) is 2. The fourth-order valence-corrected chi connectivity index (χ4v) is 3.46. The Morgan fingerprint density at radius 2 is 2.17 bits per heavy atom. The van der Waals surface area contributed by atoms with Crippen molar-refractivity contribution >= 4 is 5.91 Å². The summed E-state index contributed by atoms with van der Waals surface area (Å²) in [5, 5.41) is 6.63. The lowest BCUT2D eigenvalue weighted by atomic mass is 9.95. The summed E-state index contributed by atoms with van der Waals surface area (Å²) in [5.74, 6) is 1.07. The normalized spacial score (nSPS) is 31.8. The first-order valence-corrected chi connectivity index (χ1v) is 7.82. The molecule has 2 N–H and O–H groups in total. The zero-order valence-electron chi connectivity index (χ0n) is 11.7. The van der Waals surface area contributed by atoms with Crippen LogP contribution < -0.4 is 10.6 Å². The molecule has 2 rings (SSSR count). The second-order valence-corrected chi connectivity index (χ2v) is 6.02. The molecular formula is C15H28N2O. The topological polar surface area (TPSA) is 41.1 Å². The number of rotatable bonds is 7. The van der Waals surface area contributed by atoms with Gasteiger partial charge in [-0.05, 0) is 25.2 Å². The van der Waals surface area contributed by atoms with E-state index in [0.717, 1.165) is 12.5 Å². The molecule has 2 fully saturated rings. The van der Waals surface area contributed by atoms with E-state index < -0.39 is 0 Å².